The van der Waals surface area contributed by atoms with E-state index in [1.165, 1.54) is 0 Å². The Morgan fingerprint density at radius 3 is 1.21 bits per heavy atom. The predicted molar refractivity (Wildman–Crippen MR) is 75.7 cm³/mol. The third-order valence-corrected chi connectivity index (χ3v) is 0. The van der Waals surface area contributed by atoms with Gasteiger partial charge in [-0.2, -0.15) is 31.5 Å². The minimum atomic E-state index is -0.993. The molecule has 0 bridgehead atoms. The molecule has 12 heteroatoms. The van der Waals surface area contributed by atoms with Gasteiger partial charge >= 0.3 is 31.0 Å². The maximum absolute atomic E-state index is 10.4. The van der Waals surface area contributed by atoms with Crippen LogP contribution in [0.15, 0.2) is 0 Å². The van der Waals surface area contributed by atoms with Gasteiger partial charge in [0.05, 0.1) is 0 Å². The van der Waals surface area contributed by atoms with Crippen LogP contribution in [0.1, 0.15) is 14.9 Å². The average Bonchev–Trinajstić information content (AvgIpc) is 1.96. The van der Waals surface area contributed by atoms with E-state index in [-0.39, 0.29) is 19.6 Å². The van der Waals surface area contributed by atoms with Crippen LogP contribution < -0.4 is 21.2 Å². The smallest absolute Gasteiger partial charge is 0.165 e. The van der Waals surface area contributed by atoms with Gasteiger partial charge in [-0.3, -0.25) is 4.70 Å². The molecule has 0 saturated carbocycles. The maximum atomic E-state index is 10.4. The van der Waals surface area contributed by atoms with Crippen molar-refractivity contribution < 1.29 is 37.9 Å². The minimum absolute atomic E-state index is 0. The van der Waals surface area contributed by atoms with Crippen molar-refractivity contribution in [3.63, 3.8) is 0 Å². The third kappa shape index (κ3) is 478. The van der Waals surface area contributed by atoms with E-state index in [0.29, 0.717) is 0 Å². The summed E-state index contributed by atoms with van der Waals surface area (Å²) >= 11 is 1.13. The van der Waals surface area contributed by atoms with Gasteiger partial charge in [-0.05, 0) is 0 Å². The summed E-state index contributed by atoms with van der Waals surface area (Å²) < 4.78 is 26.4. The first-order valence-electron chi connectivity index (χ1n) is 1.72. The van der Waals surface area contributed by atoms with Gasteiger partial charge in [0.25, 0.3) is 0 Å². The van der Waals surface area contributed by atoms with Gasteiger partial charge in [0.1, 0.15) is 0 Å². The van der Waals surface area contributed by atoms with Crippen LogP contribution in [0.4, 0.5) is 16.7 Å². The summed E-state index contributed by atoms with van der Waals surface area (Å²) in [4.78, 5) is 1.89. The summed E-state index contributed by atoms with van der Waals surface area (Å²) in [6, 6.07) is 0. The van der Waals surface area contributed by atoms with Crippen LogP contribution in [-0.4, -0.2) is 27.4 Å². The minimum Gasteiger partial charge on any atom is -0.165 e. The Balaban J connectivity index is -0.00000000880. The Morgan fingerprint density at radius 1 is 1.21 bits per heavy atom. The number of halogens is 6. The SMILES string of the molecule is C.C.F.FF.F[I-]P.P[B]I.[B][B][B]. The van der Waals surface area contributed by atoms with Crippen molar-refractivity contribution in [1.82, 2.24) is 0 Å². The summed E-state index contributed by atoms with van der Waals surface area (Å²) in [5.74, 6) is 0. The van der Waals surface area contributed by atoms with Crippen LogP contribution >= 0.6 is 38.4 Å². The van der Waals surface area contributed by atoms with Crippen LogP contribution in [-0.2, 0) is 0 Å². The average molecular weight is 472 g/mol. The molecule has 0 amide bonds. The Labute approximate surface area is 118 Å². The number of rotatable bonds is 0. The molecule has 0 aliphatic heterocycles. The normalized spacial score (nSPS) is 3.86. The van der Waals surface area contributed by atoms with Crippen molar-refractivity contribution >= 4 is 65.8 Å². The van der Waals surface area contributed by atoms with Crippen molar-refractivity contribution in [3.05, 3.63) is 0 Å². The molecule has 0 spiro atoms. The Hall–Kier alpha value is 2.30. The monoisotopic (exact) mass is 473 g/mol. The van der Waals surface area contributed by atoms with Gasteiger partial charge in [-0.25, -0.2) is 0 Å². The van der Waals surface area contributed by atoms with Crippen LogP contribution in [0.3, 0.4) is 0 Å². The van der Waals surface area contributed by atoms with Gasteiger partial charge in [-0.15, -0.1) is 0 Å². The second-order valence-corrected chi connectivity index (χ2v) is 4.39. The van der Waals surface area contributed by atoms with Crippen molar-refractivity contribution in [2.24, 2.45) is 0 Å². The molecule has 0 rings (SSSR count). The molecule has 0 saturated heterocycles. The van der Waals surface area contributed by atoms with E-state index in [9.17, 15) is 2.86 Å². The topological polar surface area (TPSA) is 0 Å². The molecule has 0 heterocycles. The van der Waals surface area contributed by atoms with Crippen molar-refractivity contribution in [3.8, 4) is 0 Å². The molecular weight excluding hydrogens is 459 g/mol. The van der Waals surface area contributed by atoms with E-state index in [2.05, 4.69) is 47.0 Å². The van der Waals surface area contributed by atoms with Gasteiger partial charge in [0.2, 0.25) is 4.86 Å². The molecule has 0 aromatic rings. The third-order valence-electron chi connectivity index (χ3n) is 0. The second-order valence-electron chi connectivity index (χ2n) is 0.401. The number of hydrogen-bond acceptors (Lipinski definition) is 0. The zero-order chi connectivity index (χ0) is 10.1. The molecule has 0 N–H and O–H groups in total. The van der Waals surface area contributed by atoms with Crippen LogP contribution in [0.25, 0.3) is 0 Å². The zero-order valence-corrected chi connectivity index (χ0v) is 12.4. The Kier molecular flexibility index (Phi) is 351. The van der Waals surface area contributed by atoms with Gasteiger partial charge in [0, 0.05) is 31.7 Å². The van der Waals surface area contributed by atoms with E-state index < -0.39 is 21.2 Å². The second kappa shape index (κ2) is 111. The van der Waals surface area contributed by atoms with E-state index in [4.69, 9.17) is 9.15 Å². The van der Waals surface area contributed by atoms with E-state index in [1.54, 1.807) is 0 Å². The van der Waals surface area contributed by atoms with Gasteiger partial charge in [0.15, 0.2) is 0 Å². The molecule has 6 radical (unpaired) electrons. The summed E-state index contributed by atoms with van der Waals surface area (Å²) in [5, 5.41) is 0. The maximum Gasteiger partial charge on any atom is 0.226 e. The molecule has 0 aromatic carbocycles. The first-order chi connectivity index (χ1) is 5.24. The van der Waals surface area contributed by atoms with E-state index >= 15 is 0 Å². The fourth-order valence-corrected chi connectivity index (χ4v) is 0. The molecule has 14 heavy (non-hydrogen) atoms. The summed E-state index contributed by atoms with van der Waals surface area (Å²) in [6.45, 7) is 2.02. The molecule has 86 valence electrons. The van der Waals surface area contributed by atoms with Crippen LogP contribution in [0.5, 0.6) is 0 Å². The van der Waals surface area contributed by atoms with Gasteiger partial charge < -0.3 is 0 Å². The summed E-state index contributed by atoms with van der Waals surface area (Å²) in [7, 11) is 12.4. The first-order valence-corrected chi connectivity index (χ1v) is 8.62. The molecule has 2 atom stereocenters. The molecule has 0 nitrogen and oxygen atoms in total. The Morgan fingerprint density at radius 2 is 1.21 bits per heavy atom. The fraction of sp³-hybridized carbons (Fsp3) is 1.00. The van der Waals surface area contributed by atoms with Crippen molar-refractivity contribution in [1.29, 1.82) is 0 Å². The summed E-state index contributed by atoms with van der Waals surface area (Å²) in [5.41, 5.74) is 0. The molecule has 0 fully saturated rings. The quantitative estimate of drug-likeness (QED) is 0.197. The van der Waals surface area contributed by atoms with Crippen LogP contribution in [0, 0.1) is 0 Å². The largest absolute Gasteiger partial charge is 0.226 e. The molecular formula is C2H13B4F4I2P2-. The first kappa shape index (κ1) is 44.1. The zero-order valence-electron chi connectivity index (χ0n) is 5.76. The molecule has 2 unspecified atom stereocenters. The summed E-state index contributed by atoms with van der Waals surface area (Å²) in [6.07, 6.45) is 0. The molecule has 0 aliphatic carbocycles. The fourth-order valence-electron chi connectivity index (χ4n) is 0. The van der Waals surface area contributed by atoms with Crippen molar-refractivity contribution in [2.75, 3.05) is 0 Å². The van der Waals surface area contributed by atoms with Crippen LogP contribution in [0.2, 0.25) is 0 Å². The van der Waals surface area contributed by atoms with Gasteiger partial charge in [-0.1, -0.05) is 14.9 Å². The standard InChI is InChI=1S/2CH4.B3.BH2IP.F2.FH2IP.FH/c;;1-3-2;2-1-3;1-2;1-2-3;/h2*1H4;;3H2;;3H2;1H/q;;;;;-1;. The van der Waals surface area contributed by atoms with Crippen molar-refractivity contribution in [2.45, 2.75) is 14.9 Å². The molecule has 0 aromatic heterocycles. The Bertz CT molecular complexity index is 36.1. The predicted octanol–water partition coefficient (Wildman–Crippen LogP) is -0.297. The van der Waals surface area contributed by atoms with E-state index in [1.807, 2.05) is 11.7 Å². The number of hydrogen-bond donors (Lipinski definition) is 0. The van der Waals surface area contributed by atoms with E-state index in [0.717, 1.165) is 7.06 Å². The molecule has 0 aliphatic rings.